The summed E-state index contributed by atoms with van der Waals surface area (Å²) in [5.74, 6) is 0.895. The quantitative estimate of drug-likeness (QED) is 0.815. The van der Waals surface area contributed by atoms with E-state index >= 15 is 0 Å². The predicted octanol–water partition coefficient (Wildman–Crippen LogP) is 3.97. The molecular formula is C17H23F3N2. The number of anilines is 1. The van der Waals surface area contributed by atoms with Crippen LogP contribution in [-0.4, -0.2) is 38.1 Å². The van der Waals surface area contributed by atoms with Gasteiger partial charge in [-0.05, 0) is 56.0 Å². The van der Waals surface area contributed by atoms with Gasteiger partial charge in [-0.1, -0.05) is 13.0 Å². The second-order valence-corrected chi connectivity index (χ2v) is 6.86. The number of rotatable bonds is 2. The normalized spacial score (nSPS) is 26.9. The summed E-state index contributed by atoms with van der Waals surface area (Å²) in [7, 11) is 2.07. The average molecular weight is 312 g/mol. The molecule has 2 heterocycles. The third-order valence-electron chi connectivity index (χ3n) is 4.95. The van der Waals surface area contributed by atoms with E-state index in [4.69, 9.17) is 0 Å². The first kappa shape index (κ1) is 15.7. The van der Waals surface area contributed by atoms with Crippen LogP contribution in [0.4, 0.5) is 18.9 Å². The summed E-state index contributed by atoms with van der Waals surface area (Å²) in [6.07, 6.45) is -2.19. The Labute approximate surface area is 129 Å². The smallest absolute Gasteiger partial charge is 0.371 e. The van der Waals surface area contributed by atoms with Crippen molar-refractivity contribution in [2.45, 2.75) is 31.9 Å². The molecule has 2 aliphatic heterocycles. The van der Waals surface area contributed by atoms with E-state index in [0.717, 1.165) is 50.3 Å². The highest BCUT2D eigenvalue weighted by Gasteiger charge is 2.34. The van der Waals surface area contributed by atoms with Gasteiger partial charge in [0.05, 0.1) is 5.56 Å². The van der Waals surface area contributed by atoms with Crippen LogP contribution in [0.5, 0.6) is 0 Å². The molecule has 0 N–H and O–H groups in total. The Morgan fingerprint density at radius 2 is 1.86 bits per heavy atom. The monoisotopic (exact) mass is 312 g/mol. The Kier molecular flexibility index (Phi) is 4.10. The van der Waals surface area contributed by atoms with Crippen molar-refractivity contribution in [1.82, 2.24) is 4.90 Å². The Balaban J connectivity index is 1.97. The number of benzene rings is 1. The molecule has 0 aromatic heterocycles. The van der Waals surface area contributed by atoms with Crippen LogP contribution in [0.1, 0.15) is 36.8 Å². The van der Waals surface area contributed by atoms with Crippen LogP contribution in [-0.2, 0) is 6.18 Å². The Morgan fingerprint density at radius 3 is 2.41 bits per heavy atom. The molecule has 1 aromatic rings. The van der Waals surface area contributed by atoms with Crippen molar-refractivity contribution in [1.29, 1.82) is 0 Å². The van der Waals surface area contributed by atoms with Gasteiger partial charge < -0.3 is 9.80 Å². The maximum absolute atomic E-state index is 13.1. The summed E-state index contributed by atoms with van der Waals surface area (Å²) < 4.78 is 39.2. The SMILES string of the molecule is CC1CCN(c2cc(C(F)(F)F)ccc2C2CCN(C)C2)C1. The van der Waals surface area contributed by atoms with Gasteiger partial charge in [-0.15, -0.1) is 0 Å². The predicted molar refractivity (Wildman–Crippen MR) is 82.3 cm³/mol. The lowest BCUT2D eigenvalue weighted by Gasteiger charge is -2.26. The van der Waals surface area contributed by atoms with Crippen LogP contribution >= 0.6 is 0 Å². The van der Waals surface area contributed by atoms with E-state index in [-0.39, 0.29) is 0 Å². The van der Waals surface area contributed by atoms with E-state index in [2.05, 4.69) is 23.8 Å². The minimum absolute atomic E-state index is 0.346. The van der Waals surface area contributed by atoms with Gasteiger partial charge in [-0.3, -0.25) is 0 Å². The van der Waals surface area contributed by atoms with Crippen molar-refractivity contribution in [3.8, 4) is 0 Å². The minimum Gasteiger partial charge on any atom is -0.371 e. The van der Waals surface area contributed by atoms with Crippen LogP contribution in [0.3, 0.4) is 0 Å². The van der Waals surface area contributed by atoms with Gasteiger partial charge >= 0.3 is 6.18 Å². The molecule has 3 rings (SSSR count). The highest BCUT2D eigenvalue weighted by molar-refractivity contribution is 5.58. The van der Waals surface area contributed by atoms with E-state index in [9.17, 15) is 13.2 Å². The molecule has 122 valence electrons. The zero-order chi connectivity index (χ0) is 15.9. The van der Waals surface area contributed by atoms with E-state index in [1.807, 2.05) is 0 Å². The summed E-state index contributed by atoms with van der Waals surface area (Å²) in [5, 5.41) is 0. The summed E-state index contributed by atoms with van der Waals surface area (Å²) in [4.78, 5) is 4.40. The fourth-order valence-electron chi connectivity index (χ4n) is 3.68. The lowest BCUT2D eigenvalue weighted by molar-refractivity contribution is -0.137. The molecule has 0 radical (unpaired) electrons. The van der Waals surface area contributed by atoms with Crippen LogP contribution in [0, 0.1) is 5.92 Å². The number of hydrogen-bond acceptors (Lipinski definition) is 2. The van der Waals surface area contributed by atoms with Crippen LogP contribution in [0.15, 0.2) is 18.2 Å². The number of likely N-dealkylation sites (tertiary alicyclic amines) is 1. The van der Waals surface area contributed by atoms with Crippen LogP contribution < -0.4 is 4.90 Å². The van der Waals surface area contributed by atoms with Gasteiger partial charge in [-0.2, -0.15) is 13.2 Å². The maximum Gasteiger partial charge on any atom is 0.416 e. The maximum atomic E-state index is 13.1. The summed E-state index contributed by atoms with van der Waals surface area (Å²) in [6.45, 7) is 5.83. The van der Waals surface area contributed by atoms with Crippen LogP contribution in [0.25, 0.3) is 0 Å². The number of alkyl halides is 3. The molecule has 0 aliphatic carbocycles. The van der Waals surface area contributed by atoms with Gasteiger partial charge in [0.2, 0.25) is 0 Å². The van der Waals surface area contributed by atoms with E-state index < -0.39 is 11.7 Å². The van der Waals surface area contributed by atoms with Crippen molar-refractivity contribution in [2.24, 2.45) is 5.92 Å². The molecule has 5 heteroatoms. The van der Waals surface area contributed by atoms with E-state index in [0.29, 0.717) is 11.8 Å². The second-order valence-electron chi connectivity index (χ2n) is 6.86. The number of nitrogens with zero attached hydrogens (tertiary/aromatic N) is 2. The molecule has 0 bridgehead atoms. The topological polar surface area (TPSA) is 6.48 Å². The molecule has 0 saturated carbocycles. The van der Waals surface area contributed by atoms with Crippen LogP contribution in [0.2, 0.25) is 0 Å². The minimum atomic E-state index is -4.27. The lowest BCUT2D eigenvalue weighted by Crippen LogP contribution is -2.23. The summed E-state index contributed by atoms with van der Waals surface area (Å²) in [5.41, 5.74) is 1.36. The second kappa shape index (κ2) is 5.76. The lowest BCUT2D eigenvalue weighted by atomic mass is 9.94. The first-order valence-electron chi connectivity index (χ1n) is 7.99. The standard InChI is InChI=1S/C17H23F3N2/c1-12-5-8-22(10-12)16-9-14(17(18,19)20)3-4-15(16)13-6-7-21(2)11-13/h3-4,9,12-13H,5-8,10-11H2,1-2H3. The van der Waals surface area contributed by atoms with Crippen molar-refractivity contribution in [2.75, 3.05) is 38.1 Å². The molecule has 22 heavy (non-hydrogen) atoms. The number of likely N-dealkylation sites (N-methyl/N-ethyl adjacent to an activating group) is 1. The molecule has 2 saturated heterocycles. The highest BCUT2D eigenvalue weighted by atomic mass is 19.4. The Bertz CT molecular complexity index is 541. The first-order chi connectivity index (χ1) is 10.3. The van der Waals surface area contributed by atoms with Gasteiger partial charge in [0.25, 0.3) is 0 Å². The van der Waals surface area contributed by atoms with Gasteiger partial charge in [0, 0.05) is 25.3 Å². The molecule has 2 aliphatic rings. The fraction of sp³-hybridized carbons (Fsp3) is 0.647. The zero-order valence-corrected chi connectivity index (χ0v) is 13.2. The third kappa shape index (κ3) is 3.09. The fourth-order valence-corrected chi connectivity index (χ4v) is 3.68. The van der Waals surface area contributed by atoms with E-state index in [1.54, 1.807) is 6.07 Å². The molecule has 2 unspecified atom stereocenters. The van der Waals surface area contributed by atoms with Crippen molar-refractivity contribution in [3.63, 3.8) is 0 Å². The Hall–Kier alpha value is -1.23. The third-order valence-corrected chi connectivity index (χ3v) is 4.95. The zero-order valence-electron chi connectivity index (χ0n) is 13.2. The number of hydrogen-bond donors (Lipinski definition) is 0. The van der Waals surface area contributed by atoms with Crippen molar-refractivity contribution >= 4 is 5.69 Å². The first-order valence-corrected chi connectivity index (χ1v) is 7.99. The molecule has 2 atom stereocenters. The van der Waals surface area contributed by atoms with Crippen molar-refractivity contribution in [3.05, 3.63) is 29.3 Å². The molecular weight excluding hydrogens is 289 g/mol. The van der Waals surface area contributed by atoms with Gasteiger partial charge in [0.1, 0.15) is 0 Å². The molecule has 2 nitrogen and oxygen atoms in total. The summed E-state index contributed by atoms with van der Waals surface area (Å²) >= 11 is 0. The van der Waals surface area contributed by atoms with E-state index in [1.165, 1.54) is 12.1 Å². The molecule has 1 aromatic carbocycles. The van der Waals surface area contributed by atoms with Gasteiger partial charge in [0.15, 0.2) is 0 Å². The van der Waals surface area contributed by atoms with Crippen molar-refractivity contribution < 1.29 is 13.2 Å². The average Bonchev–Trinajstić information content (AvgIpc) is 3.06. The van der Waals surface area contributed by atoms with Gasteiger partial charge in [-0.25, -0.2) is 0 Å². The molecule has 2 fully saturated rings. The highest BCUT2D eigenvalue weighted by Crippen LogP contribution is 2.39. The molecule has 0 spiro atoms. The summed E-state index contributed by atoms with van der Waals surface area (Å²) in [6, 6.07) is 4.33. The largest absolute Gasteiger partial charge is 0.416 e. The number of halogens is 3. The Morgan fingerprint density at radius 1 is 1.09 bits per heavy atom. The molecule has 0 amide bonds.